The van der Waals surface area contributed by atoms with E-state index in [1.807, 2.05) is 13.0 Å². The van der Waals surface area contributed by atoms with Gasteiger partial charge in [-0.1, -0.05) is 6.92 Å². The minimum Gasteiger partial charge on any atom is -0.357 e. The van der Waals surface area contributed by atoms with Crippen LogP contribution >= 0.6 is 0 Å². The lowest BCUT2D eigenvalue weighted by molar-refractivity contribution is -0.125. The van der Waals surface area contributed by atoms with Gasteiger partial charge in [0.05, 0.1) is 6.54 Å². The van der Waals surface area contributed by atoms with Crippen LogP contribution in [0.1, 0.15) is 43.0 Å². The fraction of sp³-hybridized carbons (Fsp3) is 0.438. The normalized spacial score (nSPS) is 16.4. The maximum Gasteiger partial charge on any atom is 0.264 e. The number of hydrogen-bond acceptors (Lipinski definition) is 1. The molecule has 1 aliphatic carbocycles. The summed E-state index contributed by atoms with van der Waals surface area (Å²) >= 11 is 0. The summed E-state index contributed by atoms with van der Waals surface area (Å²) in [5, 5.41) is 3.64. The zero-order chi connectivity index (χ0) is 15.2. The molecule has 0 unspecified atom stereocenters. The molecule has 21 heavy (non-hydrogen) atoms. The van der Waals surface area contributed by atoms with E-state index in [9.17, 15) is 13.6 Å². The molecular weight excluding hydrogens is 274 g/mol. The molecular formula is C16H18F2N2O. The van der Waals surface area contributed by atoms with E-state index < -0.39 is 6.43 Å². The van der Waals surface area contributed by atoms with Crippen LogP contribution in [0.3, 0.4) is 0 Å². The summed E-state index contributed by atoms with van der Waals surface area (Å²) in [5.74, 6) is 0.0607. The van der Waals surface area contributed by atoms with Gasteiger partial charge in [-0.15, -0.1) is 0 Å². The second kappa shape index (κ2) is 4.83. The average molecular weight is 292 g/mol. The first kappa shape index (κ1) is 14.0. The van der Waals surface area contributed by atoms with Crippen molar-refractivity contribution >= 4 is 16.8 Å². The first-order chi connectivity index (χ1) is 9.89. The van der Waals surface area contributed by atoms with E-state index >= 15 is 0 Å². The Morgan fingerprint density at radius 2 is 2.10 bits per heavy atom. The van der Waals surface area contributed by atoms with Gasteiger partial charge in [-0.05, 0) is 43.5 Å². The van der Waals surface area contributed by atoms with Crippen LogP contribution in [0.15, 0.2) is 18.2 Å². The standard InChI is InChI=1S/C16H18F2N2O/c1-9-5-13-10(7-12(9)14(17)18)6-11(20-13)8-19-15(21)16(2)3-4-16/h5-7,14,20H,3-4,8H2,1-2H3,(H,19,21). The Labute approximate surface area is 121 Å². The Hall–Kier alpha value is -1.91. The summed E-state index contributed by atoms with van der Waals surface area (Å²) in [6.07, 6.45) is -0.604. The van der Waals surface area contributed by atoms with Crippen LogP contribution < -0.4 is 5.32 Å². The van der Waals surface area contributed by atoms with Crippen molar-refractivity contribution in [1.29, 1.82) is 0 Å². The Balaban J connectivity index is 1.79. The van der Waals surface area contributed by atoms with Gasteiger partial charge in [0, 0.05) is 27.6 Å². The molecule has 1 saturated carbocycles. The van der Waals surface area contributed by atoms with Gasteiger partial charge in [0.2, 0.25) is 5.91 Å². The van der Waals surface area contributed by atoms with E-state index in [-0.39, 0.29) is 16.9 Å². The summed E-state index contributed by atoms with van der Waals surface area (Å²) < 4.78 is 25.8. The highest BCUT2D eigenvalue weighted by Gasteiger charge is 2.44. The van der Waals surface area contributed by atoms with Crippen molar-refractivity contribution < 1.29 is 13.6 Å². The maximum atomic E-state index is 12.9. The van der Waals surface area contributed by atoms with Crippen LogP contribution in [0.25, 0.3) is 10.9 Å². The van der Waals surface area contributed by atoms with E-state index in [2.05, 4.69) is 10.3 Å². The lowest BCUT2D eigenvalue weighted by Crippen LogP contribution is -2.29. The van der Waals surface area contributed by atoms with Gasteiger partial charge < -0.3 is 10.3 Å². The van der Waals surface area contributed by atoms with Gasteiger partial charge >= 0.3 is 0 Å². The number of H-pyrrole nitrogens is 1. The second-order valence-electron chi connectivity index (χ2n) is 6.13. The zero-order valence-electron chi connectivity index (χ0n) is 12.1. The van der Waals surface area contributed by atoms with Crippen LogP contribution in [0.4, 0.5) is 8.78 Å². The Morgan fingerprint density at radius 3 is 2.71 bits per heavy atom. The van der Waals surface area contributed by atoms with Gasteiger partial charge in [-0.2, -0.15) is 0 Å². The van der Waals surface area contributed by atoms with E-state index in [1.54, 1.807) is 13.0 Å². The van der Waals surface area contributed by atoms with E-state index in [0.29, 0.717) is 12.1 Å². The number of aryl methyl sites for hydroxylation is 1. The predicted molar refractivity (Wildman–Crippen MR) is 77.2 cm³/mol. The largest absolute Gasteiger partial charge is 0.357 e. The van der Waals surface area contributed by atoms with Crippen molar-refractivity contribution in [2.24, 2.45) is 5.41 Å². The molecule has 1 aromatic carbocycles. The number of hydrogen-bond donors (Lipinski definition) is 2. The third-order valence-electron chi connectivity index (χ3n) is 4.29. The van der Waals surface area contributed by atoms with Crippen LogP contribution in [0.2, 0.25) is 0 Å². The van der Waals surface area contributed by atoms with Crippen LogP contribution in [-0.2, 0) is 11.3 Å². The molecule has 2 N–H and O–H groups in total. The number of aromatic nitrogens is 1. The second-order valence-corrected chi connectivity index (χ2v) is 6.13. The van der Waals surface area contributed by atoms with E-state index in [4.69, 9.17) is 0 Å². The predicted octanol–water partition coefficient (Wildman–Crippen LogP) is 3.83. The molecule has 0 saturated heterocycles. The molecule has 5 heteroatoms. The lowest BCUT2D eigenvalue weighted by atomic mass is 10.1. The van der Waals surface area contributed by atoms with Crippen LogP contribution in [-0.4, -0.2) is 10.9 Å². The van der Waals surface area contributed by atoms with Crippen molar-refractivity contribution in [3.8, 4) is 0 Å². The zero-order valence-corrected chi connectivity index (χ0v) is 12.1. The molecule has 1 amide bonds. The molecule has 1 aliphatic rings. The molecule has 112 valence electrons. The van der Waals surface area contributed by atoms with Gasteiger partial charge in [-0.25, -0.2) is 8.78 Å². The van der Waals surface area contributed by atoms with Crippen molar-refractivity contribution in [1.82, 2.24) is 10.3 Å². The van der Waals surface area contributed by atoms with Crippen molar-refractivity contribution in [3.63, 3.8) is 0 Å². The first-order valence-electron chi connectivity index (χ1n) is 7.08. The molecule has 0 aliphatic heterocycles. The molecule has 0 radical (unpaired) electrons. The summed E-state index contributed by atoms with van der Waals surface area (Å²) in [7, 11) is 0. The number of rotatable bonds is 4. The molecule has 0 atom stereocenters. The van der Waals surface area contributed by atoms with Crippen LogP contribution in [0.5, 0.6) is 0 Å². The smallest absolute Gasteiger partial charge is 0.264 e. The molecule has 0 bridgehead atoms. The van der Waals surface area contributed by atoms with Gasteiger partial charge in [0.15, 0.2) is 0 Å². The first-order valence-corrected chi connectivity index (χ1v) is 7.08. The quantitative estimate of drug-likeness (QED) is 0.883. The number of benzene rings is 1. The topological polar surface area (TPSA) is 44.9 Å². The summed E-state index contributed by atoms with van der Waals surface area (Å²) in [4.78, 5) is 15.1. The Morgan fingerprint density at radius 1 is 1.38 bits per heavy atom. The van der Waals surface area contributed by atoms with Crippen LogP contribution in [0, 0.1) is 12.3 Å². The number of fused-ring (bicyclic) bond motifs is 1. The van der Waals surface area contributed by atoms with E-state index in [0.717, 1.165) is 29.4 Å². The number of halogens is 2. The number of alkyl halides is 2. The van der Waals surface area contributed by atoms with Crippen molar-refractivity contribution in [3.05, 3.63) is 35.0 Å². The number of aromatic amines is 1. The molecule has 3 rings (SSSR count). The fourth-order valence-corrected chi connectivity index (χ4v) is 2.50. The summed E-state index contributed by atoms with van der Waals surface area (Å²) in [6.45, 7) is 4.02. The molecule has 0 spiro atoms. The van der Waals surface area contributed by atoms with Crippen molar-refractivity contribution in [2.45, 2.75) is 39.7 Å². The highest BCUT2D eigenvalue weighted by Crippen LogP contribution is 2.45. The maximum absolute atomic E-state index is 12.9. The minimum atomic E-state index is -2.47. The van der Waals surface area contributed by atoms with Crippen molar-refractivity contribution in [2.75, 3.05) is 0 Å². The summed E-state index contributed by atoms with van der Waals surface area (Å²) in [6, 6.07) is 5.06. The van der Waals surface area contributed by atoms with E-state index in [1.165, 1.54) is 6.07 Å². The number of amides is 1. The minimum absolute atomic E-state index is 0.0579. The average Bonchev–Trinajstić information content (AvgIpc) is 3.05. The SMILES string of the molecule is Cc1cc2[nH]c(CNC(=O)C3(C)CC3)cc2cc1C(F)F. The molecule has 1 aromatic heterocycles. The molecule has 1 heterocycles. The highest BCUT2D eigenvalue weighted by atomic mass is 19.3. The number of carbonyl (C=O) groups is 1. The number of nitrogens with one attached hydrogen (secondary N) is 2. The Bertz CT molecular complexity index is 702. The molecule has 2 aromatic rings. The fourth-order valence-electron chi connectivity index (χ4n) is 2.50. The summed E-state index contributed by atoms with van der Waals surface area (Å²) in [5.41, 5.74) is 2.07. The third-order valence-corrected chi connectivity index (χ3v) is 4.29. The lowest BCUT2D eigenvalue weighted by Gasteiger charge is -2.08. The monoisotopic (exact) mass is 292 g/mol. The molecule has 3 nitrogen and oxygen atoms in total. The van der Waals surface area contributed by atoms with Gasteiger partial charge in [0.1, 0.15) is 0 Å². The van der Waals surface area contributed by atoms with Gasteiger partial charge in [0.25, 0.3) is 6.43 Å². The third kappa shape index (κ3) is 2.64. The Kier molecular flexibility index (Phi) is 3.23. The highest BCUT2D eigenvalue weighted by molar-refractivity contribution is 5.85. The van der Waals surface area contributed by atoms with Gasteiger partial charge in [-0.3, -0.25) is 4.79 Å². The molecule has 1 fully saturated rings. The number of carbonyl (C=O) groups excluding carboxylic acids is 1.